The first-order valence-electron chi connectivity index (χ1n) is 21.6. The number of likely N-dealkylation sites (tertiary alicyclic amines) is 1. The van der Waals surface area contributed by atoms with Crippen molar-refractivity contribution in [3.8, 4) is 26.6 Å². The number of carboxylic acid groups (broad SMARTS) is 1. The van der Waals surface area contributed by atoms with Crippen molar-refractivity contribution in [3.05, 3.63) is 127 Å². The number of aromatic nitrogens is 4. The van der Waals surface area contributed by atoms with Crippen LogP contribution in [0.4, 0.5) is 0 Å². The Morgan fingerprint density at radius 3 is 2.24 bits per heavy atom. The molecule has 0 bridgehead atoms. The SMILES string of the molecule is Cc1ncsc1-c1ccc([C@H](C)NC(=O)[C@@H]2C[C@@H](O)CN2C(=O)[C@@H](NC(=O)c2ccc(-c3ccc(C4=N[C@@H](CC(=O)O)c5nnc(C)n5-c5sc(C)c(C)c54)cc3)c(Cl)c2)C(C)(C)C)cc1. The number of nitrogens with one attached hydrogen (secondary N) is 2. The van der Waals surface area contributed by atoms with Crippen LogP contribution in [0.25, 0.3) is 26.6 Å². The van der Waals surface area contributed by atoms with E-state index >= 15 is 0 Å². The van der Waals surface area contributed by atoms with E-state index in [4.69, 9.17) is 16.6 Å². The lowest BCUT2D eigenvalue weighted by molar-refractivity contribution is -0.142. The van der Waals surface area contributed by atoms with Crippen molar-refractivity contribution in [1.82, 2.24) is 35.3 Å². The summed E-state index contributed by atoms with van der Waals surface area (Å²) in [4.78, 5) is 67.0. The smallest absolute Gasteiger partial charge is 0.306 e. The molecule has 1 saturated heterocycles. The van der Waals surface area contributed by atoms with E-state index in [1.165, 1.54) is 4.90 Å². The van der Waals surface area contributed by atoms with E-state index in [1.807, 2.05) is 114 Å². The average molecular weight is 948 g/mol. The summed E-state index contributed by atoms with van der Waals surface area (Å²) in [5, 5.41) is 36.4. The molecular formula is C49H51ClN8O6S2. The van der Waals surface area contributed by atoms with E-state index in [0.29, 0.717) is 27.9 Å². The topological polar surface area (TPSA) is 192 Å². The van der Waals surface area contributed by atoms with E-state index in [2.05, 4.69) is 25.8 Å². The van der Waals surface area contributed by atoms with Crippen LogP contribution in [-0.2, 0) is 14.4 Å². The number of carbonyl (C=O) groups is 4. The molecule has 0 spiro atoms. The quantitative estimate of drug-likeness (QED) is 0.0989. The Labute approximate surface area is 395 Å². The number of benzene rings is 3. The fourth-order valence-corrected chi connectivity index (χ4v) is 10.9. The van der Waals surface area contributed by atoms with Crippen molar-refractivity contribution >= 4 is 63.7 Å². The Morgan fingerprint density at radius 2 is 1.61 bits per heavy atom. The van der Waals surface area contributed by atoms with Crippen LogP contribution in [0.5, 0.6) is 0 Å². The number of fused-ring (bicyclic) bond motifs is 3. The molecule has 3 aromatic heterocycles. The van der Waals surface area contributed by atoms with E-state index in [1.54, 1.807) is 40.9 Å². The van der Waals surface area contributed by atoms with Crippen molar-refractivity contribution in [2.45, 2.75) is 98.5 Å². The number of aliphatic hydroxyl groups excluding tert-OH is 1. The molecule has 5 atom stereocenters. The maximum Gasteiger partial charge on any atom is 0.306 e. The van der Waals surface area contributed by atoms with Crippen LogP contribution in [0.1, 0.15) is 107 Å². The minimum absolute atomic E-state index is 0.0534. The van der Waals surface area contributed by atoms with Gasteiger partial charge < -0.3 is 25.7 Å². The molecular weight excluding hydrogens is 896 g/mol. The van der Waals surface area contributed by atoms with E-state index in [-0.39, 0.29) is 31.0 Å². The third kappa shape index (κ3) is 9.06. The molecule has 66 heavy (non-hydrogen) atoms. The van der Waals surface area contributed by atoms with Crippen LogP contribution < -0.4 is 10.6 Å². The molecule has 2 aliphatic heterocycles. The number of β-amino-alcohol motifs (C(OH)–C–C–N with tert-alkyl or cyclic N) is 1. The van der Waals surface area contributed by atoms with Crippen molar-refractivity contribution in [3.63, 3.8) is 0 Å². The van der Waals surface area contributed by atoms with Crippen molar-refractivity contribution < 1.29 is 29.4 Å². The van der Waals surface area contributed by atoms with E-state index in [0.717, 1.165) is 53.8 Å². The second-order valence-corrected chi connectivity index (χ2v) is 20.5. The lowest BCUT2D eigenvalue weighted by Gasteiger charge is -2.35. The number of halogens is 1. The molecule has 3 amide bonds. The standard InChI is InChI=1S/C49H51ClN8O6S2/c1-24-27(4)66-48-40(24)41(53-37(21-39(60)61)44-56-55-28(5)58(44)48)31-13-11-30(12-14-31)35-18-17-33(19-36(35)50)45(62)54-43(49(6,7)8)47(64)57-22-34(59)20-38(57)46(63)52-25(2)29-9-15-32(16-10-29)42-26(3)51-23-65-42/h9-19,23,25,34,37-38,43,59H,20-22H2,1-8H3,(H,52,63)(H,54,62)(H,60,61)/t25-,34+,37-,38-,43+/m0/s1. The van der Waals surface area contributed by atoms with Gasteiger partial charge in [0, 0.05) is 45.1 Å². The normalized spacial score (nSPS) is 17.9. The predicted octanol–water partition coefficient (Wildman–Crippen LogP) is 8.36. The number of rotatable bonds is 11. The van der Waals surface area contributed by atoms with Crippen LogP contribution in [0, 0.1) is 33.1 Å². The minimum Gasteiger partial charge on any atom is -0.481 e. The van der Waals surface area contributed by atoms with Gasteiger partial charge in [-0.25, -0.2) is 4.98 Å². The number of carbonyl (C=O) groups excluding carboxylic acids is 3. The molecule has 1 fully saturated rings. The molecule has 0 aliphatic carbocycles. The third-order valence-corrected chi connectivity index (χ3v) is 14.8. The summed E-state index contributed by atoms with van der Waals surface area (Å²) < 4.78 is 1.91. The number of hydrogen-bond acceptors (Lipinski definition) is 11. The Balaban J connectivity index is 0.980. The number of thiazole rings is 1. The number of thiophene rings is 1. The summed E-state index contributed by atoms with van der Waals surface area (Å²) in [6.45, 7) is 15.2. The highest BCUT2D eigenvalue weighted by atomic mass is 35.5. The minimum atomic E-state index is -1.05. The van der Waals surface area contributed by atoms with Crippen LogP contribution in [0.2, 0.25) is 5.02 Å². The van der Waals surface area contributed by atoms with Crippen molar-refractivity contribution in [2.75, 3.05) is 6.54 Å². The maximum atomic E-state index is 14.4. The summed E-state index contributed by atoms with van der Waals surface area (Å²) in [5.74, 6) is -1.27. The summed E-state index contributed by atoms with van der Waals surface area (Å²) in [6.07, 6.45) is -1.11. The predicted molar refractivity (Wildman–Crippen MR) is 257 cm³/mol. The molecule has 0 saturated carbocycles. The first-order chi connectivity index (χ1) is 31.3. The average Bonchev–Trinajstić information content (AvgIpc) is 4.04. The fraction of sp³-hybridized carbons (Fsp3) is 0.347. The Kier molecular flexibility index (Phi) is 12.9. The van der Waals surface area contributed by atoms with Crippen molar-refractivity contribution in [1.29, 1.82) is 0 Å². The molecule has 5 heterocycles. The maximum absolute atomic E-state index is 14.4. The zero-order chi connectivity index (χ0) is 47.4. The first kappa shape index (κ1) is 46.5. The van der Waals surface area contributed by atoms with Gasteiger partial charge in [0.15, 0.2) is 5.82 Å². The monoisotopic (exact) mass is 946 g/mol. The van der Waals surface area contributed by atoms with Gasteiger partial charge in [0.05, 0.1) is 40.4 Å². The van der Waals surface area contributed by atoms with Crippen molar-refractivity contribution in [2.24, 2.45) is 10.4 Å². The molecule has 14 nitrogen and oxygen atoms in total. The van der Waals surface area contributed by atoms with Gasteiger partial charge >= 0.3 is 5.97 Å². The number of aliphatic imine (C=N–C) groups is 1. The molecule has 6 aromatic rings. The van der Waals surface area contributed by atoms with Crippen LogP contribution in [-0.4, -0.2) is 89.0 Å². The summed E-state index contributed by atoms with van der Waals surface area (Å²) in [5.41, 5.74) is 8.96. The Morgan fingerprint density at radius 1 is 0.924 bits per heavy atom. The zero-order valence-electron chi connectivity index (χ0n) is 37.8. The molecule has 4 N–H and O–H groups in total. The van der Waals surface area contributed by atoms with E-state index in [9.17, 15) is 29.4 Å². The van der Waals surface area contributed by atoms with Gasteiger partial charge in [0.2, 0.25) is 11.8 Å². The highest BCUT2D eigenvalue weighted by Crippen LogP contribution is 2.40. The van der Waals surface area contributed by atoms with E-state index < -0.39 is 53.3 Å². The molecule has 17 heteroatoms. The second kappa shape index (κ2) is 18.3. The van der Waals surface area contributed by atoms with Gasteiger partial charge in [0.25, 0.3) is 5.91 Å². The highest BCUT2D eigenvalue weighted by molar-refractivity contribution is 7.15. The molecule has 342 valence electrons. The Bertz CT molecular complexity index is 2900. The number of aryl methyl sites for hydroxylation is 3. The van der Waals surface area contributed by atoms with Gasteiger partial charge in [0.1, 0.15) is 29.0 Å². The number of aliphatic hydroxyl groups is 1. The number of nitrogens with zero attached hydrogens (tertiary/aromatic N) is 6. The molecule has 0 unspecified atom stereocenters. The Hall–Kier alpha value is -6.07. The van der Waals surface area contributed by atoms with Crippen LogP contribution >= 0.6 is 34.3 Å². The molecule has 0 radical (unpaired) electrons. The lowest BCUT2D eigenvalue weighted by Crippen LogP contribution is -2.57. The van der Waals surface area contributed by atoms with Gasteiger partial charge in [-0.2, -0.15) is 0 Å². The zero-order valence-corrected chi connectivity index (χ0v) is 40.2. The lowest BCUT2D eigenvalue weighted by atomic mass is 9.85. The van der Waals surface area contributed by atoms with Crippen LogP contribution in [0.15, 0.2) is 77.2 Å². The molecule has 8 rings (SSSR count). The summed E-state index contributed by atoms with van der Waals surface area (Å²) >= 11 is 10.0. The van der Waals surface area contributed by atoms with Crippen LogP contribution in [0.3, 0.4) is 0 Å². The first-order valence-corrected chi connectivity index (χ1v) is 23.7. The number of hydrogen-bond donors (Lipinski definition) is 4. The summed E-state index contributed by atoms with van der Waals surface area (Å²) in [6, 6.07) is 17.4. The van der Waals surface area contributed by atoms with Gasteiger partial charge in [-0.1, -0.05) is 87.0 Å². The number of amides is 3. The molecule has 3 aromatic carbocycles. The largest absolute Gasteiger partial charge is 0.481 e. The molecule has 2 aliphatic rings. The summed E-state index contributed by atoms with van der Waals surface area (Å²) in [7, 11) is 0. The third-order valence-electron chi connectivity index (χ3n) is 12.3. The van der Waals surface area contributed by atoms with Gasteiger partial charge in [-0.15, -0.1) is 32.9 Å². The second-order valence-electron chi connectivity index (χ2n) is 18.1. The number of carboxylic acids is 1. The van der Waals surface area contributed by atoms with Gasteiger partial charge in [-0.05, 0) is 74.4 Å². The highest BCUT2D eigenvalue weighted by Gasteiger charge is 2.45. The van der Waals surface area contributed by atoms with Gasteiger partial charge in [-0.3, -0.25) is 28.7 Å². The fourth-order valence-electron chi connectivity index (χ4n) is 8.62. The number of aliphatic carboxylic acids is 1.